The van der Waals surface area contributed by atoms with E-state index in [1.165, 1.54) is 11.3 Å². The van der Waals surface area contributed by atoms with Crippen LogP contribution >= 0.6 is 23.6 Å². The number of carbonyl (C=O) groups excluding carboxylic acids is 1. The van der Waals surface area contributed by atoms with Gasteiger partial charge in [0.05, 0.1) is 5.39 Å². The molecule has 1 aliphatic carbocycles. The maximum atomic E-state index is 12.7. The van der Waals surface area contributed by atoms with Gasteiger partial charge in [0, 0.05) is 11.3 Å². The van der Waals surface area contributed by atoms with Gasteiger partial charge in [-0.15, -0.1) is 11.3 Å². The van der Waals surface area contributed by atoms with Gasteiger partial charge in [0.1, 0.15) is 4.83 Å². The molecule has 3 rings (SSSR count). The topological polar surface area (TPSA) is 54.9 Å². The largest absolute Gasteiger partial charge is 0.323 e. The zero-order chi connectivity index (χ0) is 14.3. The standard InChI is InChI=1S/C14H16N2O2S2/c1-2-5-10(17)16-13(18)11-8-6-3-4-7-9(8)20-12(11)15-14(16)19/h2-7H2,1H3,(H,15,19). The van der Waals surface area contributed by atoms with Crippen LogP contribution in [-0.2, 0) is 12.8 Å². The summed E-state index contributed by atoms with van der Waals surface area (Å²) in [7, 11) is 0. The van der Waals surface area contributed by atoms with E-state index in [0.717, 1.165) is 34.2 Å². The number of fused-ring (bicyclic) bond motifs is 3. The maximum Gasteiger partial charge on any atom is 0.270 e. The Morgan fingerprint density at radius 2 is 2.15 bits per heavy atom. The van der Waals surface area contributed by atoms with Crippen LogP contribution < -0.4 is 5.56 Å². The quantitative estimate of drug-likeness (QED) is 0.865. The summed E-state index contributed by atoms with van der Waals surface area (Å²) in [5, 5.41) is 0.683. The molecule has 0 fully saturated rings. The van der Waals surface area contributed by atoms with Crippen LogP contribution in [0, 0.1) is 4.77 Å². The second-order valence-electron chi connectivity index (χ2n) is 5.13. The number of H-pyrrole nitrogens is 1. The number of hydrogen-bond donors (Lipinski definition) is 1. The maximum absolute atomic E-state index is 12.7. The van der Waals surface area contributed by atoms with Crippen LogP contribution in [0.25, 0.3) is 10.2 Å². The molecular formula is C14H16N2O2S2. The van der Waals surface area contributed by atoms with Gasteiger partial charge in [-0.25, -0.2) is 4.57 Å². The summed E-state index contributed by atoms with van der Waals surface area (Å²) in [6, 6.07) is 0. The zero-order valence-corrected chi connectivity index (χ0v) is 13.0. The first-order chi connectivity index (χ1) is 9.63. The number of rotatable bonds is 2. The molecule has 6 heteroatoms. The summed E-state index contributed by atoms with van der Waals surface area (Å²) in [5.74, 6) is -0.212. The van der Waals surface area contributed by atoms with Crippen molar-refractivity contribution in [2.45, 2.75) is 45.4 Å². The Morgan fingerprint density at radius 3 is 2.90 bits per heavy atom. The minimum Gasteiger partial charge on any atom is -0.323 e. The molecule has 4 nitrogen and oxygen atoms in total. The second kappa shape index (κ2) is 5.26. The van der Waals surface area contributed by atoms with Gasteiger partial charge in [0.2, 0.25) is 5.91 Å². The van der Waals surface area contributed by atoms with E-state index < -0.39 is 0 Å². The number of thiophene rings is 1. The van der Waals surface area contributed by atoms with Gasteiger partial charge in [-0.05, 0) is 49.9 Å². The molecule has 106 valence electrons. The van der Waals surface area contributed by atoms with E-state index >= 15 is 0 Å². The summed E-state index contributed by atoms with van der Waals surface area (Å²) >= 11 is 6.81. The lowest BCUT2D eigenvalue weighted by atomic mass is 9.97. The van der Waals surface area contributed by atoms with Crippen LogP contribution in [0.4, 0.5) is 0 Å². The molecule has 0 amide bonds. The molecule has 2 aromatic heterocycles. The summed E-state index contributed by atoms with van der Waals surface area (Å²) in [4.78, 5) is 29.9. The number of aromatic nitrogens is 2. The third-order valence-corrected chi connectivity index (χ3v) is 5.22. The predicted molar refractivity (Wildman–Crippen MR) is 83.4 cm³/mol. The van der Waals surface area contributed by atoms with Crippen molar-refractivity contribution in [3.8, 4) is 0 Å². The van der Waals surface area contributed by atoms with Crippen molar-refractivity contribution >= 4 is 39.7 Å². The molecule has 0 saturated carbocycles. The first-order valence-corrected chi connectivity index (χ1v) is 8.18. The fraction of sp³-hybridized carbons (Fsp3) is 0.500. The number of aryl methyl sites for hydroxylation is 2. The van der Waals surface area contributed by atoms with Crippen molar-refractivity contribution in [3.05, 3.63) is 25.6 Å². The molecule has 2 aromatic rings. The van der Waals surface area contributed by atoms with Gasteiger partial charge >= 0.3 is 0 Å². The van der Waals surface area contributed by atoms with Crippen molar-refractivity contribution in [3.63, 3.8) is 0 Å². The molecule has 0 radical (unpaired) electrons. The molecule has 2 heterocycles. The van der Waals surface area contributed by atoms with Crippen LogP contribution in [-0.4, -0.2) is 15.5 Å². The lowest BCUT2D eigenvalue weighted by Crippen LogP contribution is -2.28. The van der Waals surface area contributed by atoms with Crippen molar-refractivity contribution < 1.29 is 4.79 Å². The molecule has 0 atom stereocenters. The molecule has 1 aliphatic rings. The second-order valence-corrected chi connectivity index (χ2v) is 6.62. The van der Waals surface area contributed by atoms with E-state index in [9.17, 15) is 9.59 Å². The molecular weight excluding hydrogens is 292 g/mol. The Morgan fingerprint density at radius 1 is 1.40 bits per heavy atom. The van der Waals surface area contributed by atoms with Gasteiger partial charge < -0.3 is 4.98 Å². The lowest BCUT2D eigenvalue weighted by Gasteiger charge is -2.10. The fourth-order valence-electron chi connectivity index (χ4n) is 2.79. The molecule has 0 unspecified atom stereocenters. The van der Waals surface area contributed by atoms with Crippen LogP contribution in [0.1, 0.15) is 47.8 Å². The highest BCUT2D eigenvalue weighted by molar-refractivity contribution is 7.71. The summed E-state index contributed by atoms with van der Waals surface area (Å²) < 4.78 is 1.36. The SMILES string of the molecule is CCCC(=O)n1c(=S)[nH]c2sc3c(c2c1=O)CCCC3. The predicted octanol–water partition coefficient (Wildman–Crippen LogP) is 3.44. The van der Waals surface area contributed by atoms with Crippen molar-refractivity contribution in [2.75, 3.05) is 0 Å². The number of nitrogens with zero attached hydrogens (tertiary/aromatic N) is 1. The Balaban J connectivity index is 2.31. The van der Waals surface area contributed by atoms with Crippen LogP contribution in [0.15, 0.2) is 4.79 Å². The van der Waals surface area contributed by atoms with Crippen molar-refractivity contribution in [2.24, 2.45) is 0 Å². The zero-order valence-electron chi connectivity index (χ0n) is 11.3. The van der Waals surface area contributed by atoms with E-state index in [0.29, 0.717) is 18.2 Å². The number of nitrogens with one attached hydrogen (secondary N) is 1. The monoisotopic (exact) mass is 308 g/mol. The smallest absolute Gasteiger partial charge is 0.270 e. The minimum atomic E-state index is -0.235. The summed E-state index contributed by atoms with van der Waals surface area (Å²) in [5.41, 5.74) is 0.896. The molecule has 1 N–H and O–H groups in total. The average Bonchev–Trinajstić information content (AvgIpc) is 2.76. The third kappa shape index (κ3) is 2.07. The Kier molecular flexibility index (Phi) is 3.60. The minimum absolute atomic E-state index is 0.212. The molecule has 20 heavy (non-hydrogen) atoms. The number of carbonyl (C=O) groups is 1. The molecule has 0 bridgehead atoms. The van der Waals surface area contributed by atoms with Crippen LogP contribution in [0.5, 0.6) is 0 Å². The normalized spacial score (nSPS) is 14.4. The fourth-order valence-corrected chi connectivity index (χ4v) is 4.42. The van der Waals surface area contributed by atoms with Gasteiger partial charge in [-0.3, -0.25) is 9.59 Å². The van der Waals surface area contributed by atoms with Gasteiger partial charge in [-0.1, -0.05) is 6.92 Å². The first kappa shape index (κ1) is 13.7. The molecule has 0 aromatic carbocycles. The number of hydrogen-bond acceptors (Lipinski definition) is 4. The van der Waals surface area contributed by atoms with Crippen LogP contribution in [0.2, 0.25) is 0 Å². The lowest BCUT2D eigenvalue weighted by molar-refractivity contribution is 0.0895. The highest BCUT2D eigenvalue weighted by Crippen LogP contribution is 2.33. The first-order valence-electron chi connectivity index (χ1n) is 6.96. The van der Waals surface area contributed by atoms with Gasteiger partial charge in [0.25, 0.3) is 5.56 Å². The highest BCUT2D eigenvalue weighted by atomic mass is 32.1. The van der Waals surface area contributed by atoms with Crippen molar-refractivity contribution in [1.29, 1.82) is 0 Å². The van der Waals surface area contributed by atoms with Gasteiger partial charge in [-0.2, -0.15) is 0 Å². The summed E-state index contributed by atoms with van der Waals surface area (Å²) in [6.45, 7) is 1.92. The third-order valence-electron chi connectivity index (χ3n) is 3.73. The Labute approximate surface area is 125 Å². The molecule has 0 aliphatic heterocycles. The molecule has 0 saturated heterocycles. The van der Waals surface area contributed by atoms with Crippen molar-refractivity contribution in [1.82, 2.24) is 9.55 Å². The Bertz CT molecular complexity index is 798. The van der Waals surface area contributed by atoms with E-state index in [1.807, 2.05) is 6.92 Å². The van der Waals surface area contributed by atoms with Gasteiger partial charge in [0.15, 0.2) is 4.77 Å². The molecule has 0 spiro atoms. The average molecular weight is 308 g/mol. The van der Waals surface area contributed by atoms with E-state index in [1.54, 1.807) is 11.3 Å². The van der Waals surface area contributed by atoms with Crippen LogP contribution in [0.3, 0.4) is 0 Å². The number of aromatic amines is 1. The Hall–Kier alpha value is -1.27. The van der Waals surface area contributed by atoms with E-state index in [-0.39, 0.29) is 16.2 Å². The van der Waals surface area contributed by atoms with E-state index in [2.05, 4.69) is 4.98 Å². The summed E-state index contributed by atoms with van der Waals surface area (Å²) in [6.07, 6.45) is 5.28. The van der Waals surface area contributed by atoms with E-state index in [4.69, 9.17) is 12.2 Å². The highest BCUT2D eigenvalue weighted by Gasteiger charge is 2.21.